The molecule has 3 atom stereocenters. The quantitative estimate of drug-likeness (QED) is 0.855. The van der Waals surface area contributed by atoms with Crippen molar-refractivity contribution in [2.45, 2.75) is 39.2 Å². The van der Waals surface area contributed by atoms with E-state index in [2.05, 4.69) is 37.4 Å². The van der Waals surface area contributed by atoms with Gasteiger partial charge in [-0.3, -0.25) is 0 Å². The van der Waals surface area contributed by atoms with Gasteiger partial charge in [-0.15, -0.1) is 0 Å². The number of rotatable bonds is 5. The molecule has 2 nitrogen and oxygen atoms in total. The van der Waals surface area contributed by atoms with Crippen LogP contribution in [0, 0.1) is 11.8 Å². The lowest BCUT2D eigenvalue weighted by Crippen LogP contribution is -2.24. The van der Waals surface area contributed by atoms with Crippen LogP contribution in [-0.4, -0.2) is 13.7 Å². The van der Waals surface area contributed by atoms with Crippen LogP contribution in [0.4, 0.5) is 0 Å². The van der Waals surface area contributed by atoms with Crippen molar-refractivity contribution in [1.29, 1.82) is 0 Å². The van der Waals surface area contributed by atoms with E-state index >= 15 is 0 Å². The lowest BCUT2D eigenvalue weighted by molar-refractivity contribution is 0.411. The fourth-order valence-corrected chi connectivity index (χ4v) is 2.88. The van der Waals surface area contributed by atoms with Crippen LogP contribution in [0.25, 0.3) is 0 Å². The first-order valence-corrected chi connectivity index (χ1v) is 7.06. The van der Waals surface area contributed by atoms with Crippen LogP contribution in [0.5, 0.6) is 5.75 Å². The molecule has 0 aromatic heterocycles. The van der Waals surface area contributed by atoms with Gasteiger partial charge in [0.05, 0.1) is 7.11 Å². The molecule has 1 aromatic rings. The van der Waals surface area contributed by atoms with Crippen LogP contribution in [-0.2, 0) is 0 Å². The van der Waals surface area contributed by atoms with Crippen LogP contribution in [0.2, 0.25) is 0 Å². The van der Waals surface area contributed by atoms with Gasteiger partial charge in [-0.25, -0.2) is 0 Å². The molecule has 1 fully saturated rings. The summed E-state index contributed by atoms with van der Waals surface area (Å²) in [6, 6.07) is 8.74. The highest BCUT2D eigenvalue weighted by atomic mass is 16.5. The molecule has 3 unspecified atom stereocenters. The summed E-state index contributed by atoms with van der Waals surface area (Å²) in [5, 5.41) is 3.66. The largest absolute Gasteiger partial charge is 0.497 e. The average Bonchev–Trinajstić information content (AvgIpc) is 2.82. The summed E-state index contributed by atoms with van der Waals surface area (Å²) >= 11 is 0. The van der Waals surface area contributed by atoms with Crippen molar-refractivity contribution in [3.05, 3.63) is 29.8 Å². The van der Waals surface area contributed by atoms with Gasteiger partial charge in [0.2, 0.25) is 0 Å². The third kappa shape index (κ3) is 3.49. The Labute approximate surface area is 111 Å². The Morgan fingerprint density at radius 3 is 2.89 bits per heavy atom. The molecular formula is C16H25NO. The Hall–Kier alpha value is -1.02. The third-order valence-electron chi connectivity index (χ3n) is 4.11. The molecule has 0 heterocycles. The fraction of sp³-hybridized carbons (Fsp3) is 0.625. The number of nitrogens with one attached hydrogen (secondary N) is 1. The molecule has 0 spiro atoms. The van der Waals surface area contributed by atoms with Gasteiger partial charge in [0, 0.05) is 6.04 Å². The normalized spacial score (nSPS) is 25.1. The molecule has 18 heavy (non-hydrogen) atoms. The monoisotopic (exact) mass is 247 g/mol. The molecule has 0 amide bonds. The van der Waals surface area contributed by atoms with E-state index in [1.807, 2.05) is 6.07 Å². The van der Waals surface area contributed by atoms with Gasteiger partial charge in [-0.2, -0.15) is 0 Å². The summed E-state index contributed by atoms with van der Waals surface area (Å²) in [5.74, 6) is 2.73. The van der Waals surface area contributed by atoms with Crippen molar-refractivity contribution in [2.75, 3.05) is 13.7 Å². The van der Waals surface area contributed by atoms with Crippen molar-refractivity contribution >= 4 is 0 Å². The van der Waals surface area contributed by atoms with E-state index in [4.69, 9.17) is 4.74 Å². The summed E-state index contributed by atoms with van der Waals surface area (Å²) in [7, 11) is 1.72. The van der Waals surface area contributed by atoms with Crippen molar-refractivity contribution in [2.24, 2.45) is 11.8 Å². The number of methoxy groups -OCH3 is 1. The molecule has 2 rings (SSSR count). The van der Waals surface area contributed by atoms with E-state index in [-0.39, 0.29) is 0 Å². The maximum Gasteiger partial charge on any atom is 0.119 e. The summed E-state index contributed by atoms with van der Waals surface area (Å²) in [4.78, 5) is 0. The van der Waals surface area contributed by atoms with Crippen molar-refractivity contribution in [1.82, 2.24) is 5.32 Å². The minimum atomic E-state index is 0.399. The predicted molar refractivity (Wildman–Crippen MR) is 75.9 cm³/mol. The first-order chi connectivity index (χ1) is 8.69. The van der Waals surface area contributed by atoms with Crippen LogP contribution < -0.4 is 10.1 Å². The topological polar surface area (TPSA) is 21.3 Å². The highest BCUT2D eigenvalue weighted by Gasteiger charge is 2.21. The standard InChI is InChI=1S/C16H25NO/c1-12-7-8-14(9-12)11-17-13(2)15-5-4-6-16(10-15)18-3/h4-6,10,12-14,17H,7-9,11H2,1-3H3. The molecule has 1 N–H and O–H groups in total. The van der Waals surface area contributed by atoms with Crippen LogP contribution >= 0.6 is 0 Å². The van der Waals surface area contributed by atoms with E-state index < -0.39 is 0 Å². The summed E-state index contributed by atoms with van der Waals surface area (Å²) in [6.07, 6.45) is 4.18. The number of ether oxygens (including phenoxy) is 1. The molecule has 0 radical (unpaired) electrons. The number of hydrogen-bond acceptors (Lipinski definition) is 2. The van der Waals surface area contributed by atoms with Gasteiger partial charge in [0.1, 0.15) is 5.75 Å². The Kier molecular flexibility index (Phi) is 4.65. The summed E-state index contributed by atoms with van der Waals surface area (Å²) in [5.41, 5.74) is 1.31. The molecule has 1 aromatic carbocycles. The van der Waals surface area contributed by atoms with Crippen LogP contribution in [0.3, 0.4) is 0 Å². The summed E-state index contributed by atoms with van der Waals surface area (Å²) in [6.45, 7) is 5.74. The second-order valence-corrected chi connectivity index (χ2v) is 5.69. The van der Waals surface area contributed by atoms with Gasteiger partial charge < -0.3 is 10.1 Å². The highest BCUT2D eigenvalue weighted by molar-refractivity contribution is 5.30. The molecular weight excluding hydrogens is 222 g/mol. The molecule has 100 valence electrons. The minimum Gasteiger partial charge on any atom is -0.497 e. The van der Waals surface area contributed by atoms with Crippen molar-refractivity contribution < 1.29 is 4.74 Å². The van der Waals surface area contributed by atoms with E-state index in [1.165, 1.54) is 24.8 Å². The maximum absolute atomic E-state index is 5.27. The zero-order chi connectivity index (χ0) is 13.0. The Balaban J connectivity index is 1.85. The molecule has 1 aliphatic rings. The highest BCUT2D eigenvalue weighted by Crippen LogP contribution is 2.30. The van der Waals surface area contributed by atoms with Gasteiger partial charge in [0.15, 0.2) is 0 Å². The SMILES string of the molecule is COc1cccc(C(C)NCC2CCC(C)C2)c1. The molecule has 0 saturated heterocycles. The van der Waals surface area contributed by atoms with Crippen molar-refractivity contribution in [3.63, 3.8) is 0 Å². The fourth-order valence-electron chi connectivity index (χ4n) is 2.88. The summed E-state index contributed by atoms with van der Waals surface area (Å²) < 4.78 is 5.27. The lowest BCUT2D eigenvalue weighted by Gasteiger charge is -2.18. The second-order valence-electron chi connectivity index (χ2n) is 5.69. The zero-order valence-corrected chi connectivity index (χ0v) is 11.8. The van der Waals surface area contributed by atoms with Crippen LogP contribution in [0.1, 0.15) is 44.7 Å². The van der Waals surface area contributed by atoms with Gasteiger partial charge in [-0.1, -0.05) is 25.5 Å². The van der Waals surface area contributed by atoms with Crippen LogP contribution in [0.15, 0.2) is 24.3 Å². The Morgan fingerprint density at radius 1 is 1.39 bits per heavy atom. The maximum atomic E-state index is 5.27. The second kappa shape index (κ2) is 6.24. The Bertz CT molecular complexity index is 377. The third-order valence-corrected chi connectivity index (χ3v) is 4.11. The predicted octanol–water partition coefficient (Wildman–Crippen LogP) is 3.78. The van der Waals surface area contributed by atoms with E-state index in [0.29, 0.717) is 6.04 Å². The van der Waals surface area contributed by atoms with E-state index in [0.717, 1.165) is 24.1 Å². The van der Waals surface area contributed by atoms with Gasteiger partial charge in [-0.05, 0) is 55.8 Å². The van der Waals surface area contributed by atoms with Gasteiger partial charge in [0.25, 0.3) is 0 Å². The molecule has 0 aliphatic heterocycles. The molecule has 0 bridgehead atoms. The molecule has 1 saturated carbocycles. The van der Waals surface area contributed by atoms with E-state index in [1.54, 1.807) is 7.11 Å². The first kappa shape index (κ1) is 13.4. The zero-order valence-electron chi connectivity index (χ0n) is 11.8. The Morgan fingerprint density at radius 2 is 2.22 bits per heavy atom. The molecule has 1 aliphatic carbocycles. The molecule has 2 heteroatoms. The lowest BCUT2D eigenvalue weighted by atomic mass is 10.0. The van der Waals surface area contributed by atoms with Crippen molar-refractivity contribution in [3.8, 4) is 5.75 Å². The smallest absolute Gasteiger partial charge is 0.119 e. The minimum absolute atomic E-state index is 0.399. The average molecular weight is 247 g/mol. The van der Waals surface area contributed by atoms with Gasteiger partial charge >= 0.3 is 0 Å². The first-order valence-electron chi connectivity index (χ1n) is 7.06. The number of benzene rings is 1. The number of hydrogen-bond donors (Lipinski definition) is 1. The van der Waals surface area contributed by atoms with E-state index in [9.17, 15) is 0 Å².